The van der Waals surface area contributed by atoms with Crippen molar-refractivity contribution in [1.82, 2.24) is 20.0 Å². The minimum Gasteiger partial charge on any atom is -0.265 e. The number of carbonyl (C=O) groups excluding carboxylic acids is 1. The molecule has 0 saturated carbocycles. The van der Waals surface area contributed by atoms with Crippen molar-refractivity contribution in [2.45, 2.75) is 4.90 Å². The molecule has 4 aromatic rings. The molecule has 0 fully saturated rings. The third-order valence-corrected chi connectivity index (χ3v) is 5.99. The Balaban J connectivity index is 1.71. The number of hydrogen-bond donors (Lipinski definition) is 0. The molecule has 2 aromatic heterocycles. The highest BCUT2D eigenvalue weighted by Gasteiger charge is 2.21. The Morgan fingerprint density at radius 2 is 1.61 bits per heavy atom. The Morgan fingerprint density at radius 1 is 0.893 bits per heavy atom. The molecule has 0 aliphatic rings. The van der Waals surface area contributed by atoms with Crippen molar-refractivity contribution in [3.8, 4) is 22.5 Å². The summed E-state index contributed by atoms with van der Waals surface area (Å²) >= 11 is 0. The van der Waals surface area contributed by atoms with E-state index in [2.05, 4.69) is 15.3 Å². The van der Waals surface area contributed by atoms with Crippen LogP contribution in [0.15, 0.2) is 84.0 Å². The van der Waals surface area contributed by atoms with Gasteiger partial charge < -0.3 is 0 Å². The fourth-order valence-corrected chi connectivity index (χ4v) is 4.26. The highest BCUT2D eigenvalue weighted by atomic mass is 33.1. The van der Waals surface area contributed by atoms with E-state index in [4.69, 9.17) is 0 Å². The van der Waals surface area contributed by atoms with Gasteiger partial charge in [0.2, 0.25) is 0 Å². The van der Waals surface area contributed by atoms with E-state index in [1.807, 2.05) is 30.3 Å². The molecule has 138 valence electrons. The first-order valence-corrected chi connectivity index (χ1v) is 10.4. The van der Waals surface area contributed by atoms with E-state index < -0.39 is 0 Å². The molecule has 0 amide bonds. The summed E-state index contributed by atoms with van der Waals surface area (Å²) in [7, 11) is 2.42. The molecule has 0 unspecified atom stereocenters. The number of halogens is 1. The predicted molar refractivity (Wildman–Crippen MR) is 109 cm³/mol. The smallest absolute Gasteiger partial charge is 0.265 e. The van der Waals surface area contributed by atoms with Crippen molar-refractivity contribution >= 4 is 26.8 Å². The van der Waals surface area contributed by atoms with Gasteiger partial charge in [0, 0.05) is 39.2 Å². The van der Waals surface area contributed by atoms with Crippen LogP contribution in [0.25, 0.3) is 22.5 Å². The first-order valence-electron chi connectivity index (χ1n) is 8.28. The van der Waals surface area contributed by atoms with Gasteiger partial charge in [0.1, 0.15) is 17.2 Å². The number of aromatic nitrogens is 4. The van der Waals surface area contributed by atoms with E-state index in [1.54, 1.807) is 36.7 Å². The molecule has 0 aliphatic carbocycles. The third-order valence-electron chi connectivity index (χ3n) is 3.87. The van der Waals surface area contributed by atoms with Crippen molar-refractivity contribution in [1.29, 1.82) is 0 Å². The van der Waals surface area contributed by atoms with Gasteiger partial charge in [-0.25, -0.2) is 4.39 Å². The van der Waals surface area contributed by atoms with Gasteiger partial charge in [0.05, 0.1) is 0 Å². The lowest BCUT2D eigenvalue weighted by Crippen LogP contribution is -2.08. The standard InChI is InChI=1S/C20H13FN4OS2/c21-16-8-6-14(7-9-16)18-19(15-10-12-22-13-11-15)25(24-23-18)20(26)28-27-17-4-2-1-3-5-17/h1-13H. The van der Waals surface area contributed by atoms with E-state index in [0.29, 0.717) is 17.0 Å². The summed E-state index contributed by atoms with van der Waals surface area (Å²) in [6.07, 6.45) is 3.27. The number of pyridine rings is 1. The molecule has 8 heteroatoms. The molecule has 0 aliphatic heterocycles. The average Bonchev–Trinajstić information content (AvgIpc) is 3.19. The van der Waals surface area contributed by atoms with Crippen molar-refractivity contribution in [2.75, 3.05) is 0 Å². The summed E-state index contributed by atoms with van der Waals surface area (Å²) in [5.41, 5.74) is 2.47. The van der Waals surface area contributed by atoms with Crippen LogP contribution < -0.4 is 0 Å². The first-order chi connectivity index (χ1) is 13.7. The maximum absolute atomic E-state index is 13.3. The Bertz CT molecular complexity index is 1090. The van der Waals surface area contributed by atoms with Crippen LogP contribution in [0.2, 0.25) is 0 Å². The van der Waals surface area contributed by atoms with Crippen molar-refractivity contribution in [3.05, 3.63) is 84.9 Å². The topological polar surface area (TPSA) is 60.7 Å². The van der Waals surface area contributed by atoms with Crippen LogP contribution in [-0.2, 0) is 0 Å². The number of benzene rings is 2. The Labute approximate surface area is 168 Å². The van der Waals surface area contributed by atoms with Crippen molar-refractivity contribution in [2.24, 2.45) is 0 Å². The van der Waals surface area contributed by atoms with Gasteiger partial charge in [-0.05, 0) is 59.3 Å². The van der Waals surface area contributed by atoms with Crippen molar-refractivity contribution < 1.29 is 9.18 Å². The molecule has 0 atom stereocenters. The largest absolute Gasteiger partial charge is 0.318 e. The van der Waals surface area contributed by atoms with Crippen molar-refractivity contribution in [3.63, 3.8) is 0 Å². The third kappa shape index (κ3) is 3.97. The van der Waals surface area contributed by atoms with Gasteiger partial charge in [-0.1, -0.05) is 23.4 Å². The van der Waals surface area contributed by atoms with Gasteiger partial charge in [0.25, 0.3) is 0 Å². The fraction of sp³-hybridized carbons (Fsp3) is 0. The normalized spacial score (nSPS) is 10.8. The Hall–Kier alpha value is -2.97. The Kier molecular flexibility index (Phi) is 5.50. The minimum atomic E-state index is -0.340. The number of rotatable bonds is 4. The second kappa shape index (κ2) is 8.37. The first kappa shape index (κ1) is 18.4. The molecule has 28 heavy (non-hydrogen) atoms. The zero-order chi connectivity index (χ0) is 19.3. The summed E-state index contributed by atoms with van der Waals surface area (Å²) < 4.78 is 14.6. The van der Waals surface area contributed by atoms with E-state index in [9.17, 15) is 9.18 Å². The second-order valence-corrected chi connectivity index (χ2v) is 7.84. The second-order valence-electron chi connectivity index (χ2n) is 5.69. The lowest BCUT2D eigenvalue weighted by atomic mass is 10.1. The van der Waals surface area contributed by atoms with Gasteiger partial charge in [-0.2, -0.15) is 4.68 Å². The SMILES string of the molecule is O=C(SSc1ccccc1)n1nnc(-c2ccc(F)cc2)c1-c1ccncc1. The molecule has 0 saturated heterocycles. The molecule has 2 aromatic carbocycles. The molecule has 0 radical (unpaired) electrons. The number of nitrogens with zero attached hydrogens (tertiary/aromatic N) is 4. The van der Waals surface area contributed by atoms with Crippen LogP contribution in [0.5, 0.6) is 0 Å². The van der Waals surface area contributed by atoms with Gasteiger partial charge in [-0.15, -0.1) is 5.10 Å². The molecule has 5 nitrogen and oxygen atoms in total. The molecule has 2 heterocycles. The summed E-state index contributed by atoms with van der Waals surface area (Å²) in [6.45, 7) is 0. The summed E-state index contributed by atoms with van der Waals surface area (Å²) in [4.78, 5) is 17.8. The zero-order valence-corrected chi connectivity index (χ0v) is 16.0. The van der Waals surface area contributed by atoms with Gasteiger partial charge >= 0.3 is 5.24 Å². The van der Waals surface area contributed by atoms with E-state index >= 15 is 0 Å². The quantitative estimate of drug-likeness (QED) is 0.412. The summed E-state index contributed by atoms with van der Waals surface area (Å²) in [5.74, 6) is -0.340. The van der Waals surface area contributed by atoms with Crippen LogP contribution in [0.1, 0.15) is 0 Å². The van der Waals surface area contributed by atoms with Crippen LogP contribution >= 0.6 is 21.6 Å². The molecule has 0 spiro atoms. The van der Waals surface area contributed by atoms with E-state index in [1.165, 1.54) is 27.6 Å². The van der Waals surface area contributed by atoms with Gasteiger partial charge in [0.15, 0.2) is 0 Å². The molecule has 0 N–H and O–H groups in total. The molecule has 4 rings (SSSR count). The summed E-state index contributed by atoms with van der Waals surface area (Å²) in [5, 5.41) is 7.99. The number of carbonyl (C=O) groups is 1. The lowest BCUT2D eigenvalue weighted by Gasteiger charge is -2.07. The van der Waals surface area contributed by atoms with E-state index in [0.717, 1.165) is 21.3 Å². The van der Waals surface area contributed by atoms with Crippen LogP contribution in [0.4, 0.5) is 9.18 Å². The number of hydrogen-bond acceptors (Lipinski definition) is 6. The minimum absolute atomic E-state index is 0.276. The molecule has 0 bridgehead atoms. The highest BCUT2D eigenvalue weighted by Crippen LogP contribution is 2.35. The van der Waals surface area contributed by atoms with Crippen LogP contribution in [-0.4, -0.2) is 25.2 Å². The predicted octanol–water partition coefficient (Wildman–Crippen LogP) is 5.55. The fourth-order valence-electron chi connectivity index (χ4n) is 2.58. The maximum atomic E-state index is 13.3. The molecular formula is C20H13FN4OS2. The van der Waals surface area contributed by atoms with Gasteiger partial charge in [-0.3, -0.25) is 9.78 Å². The lowest BCUT2D eigenvalue weighted by molar-refractivity contribution is 0.259. The average molecular weight is 408 g/mol. The van der Waals surface area contributed by atoms with E-state index in [-0.39, 0.29) is 11.1 Å². The monoisotopic (exact) mass is 408 g/mol. The summed E-state index contributed by atoms with van der Waals surface area (Å²) in [6, 6.07) is 19.1. The highest BCUT2D eigenvalue weighted by molar-refractivity contribution is 8.82. The Morgan fingerprint density at radius 3 is 2.32 bits per heavy atom. The zero-order valence-electron chi connectivity index (χ0n) is 14.4. The van der Waals surface area contributed by atoms with Crippen LogP contribution in [0.3, 0.4) is 0 Å². The maximum Gasteiger partial charge on any atom is 0.318 e. The van der Waals surface area contributed by atoms with Crippen LogP contribution in [0, 0.1) is 5.82 Å². The molecular weight excluding hydrogens is 395 g/mol.